The van der Waals surface area contributed by atoms with Crippen LogP contribution in [0.5, 0.6) is 11.5 Å². The Morgan fingerprint density at radius 3 is 2.79 bits per heavy atom. The molecule has 0 atom stereocenters. The first-order valence-electron chi connectivity index (χ1n) is 10.1. The summed E-state index contributed by atoms with van der Waals surface area (Å²) in [5.74, 6) is -0.401. The molecule has 0 unspecified atom stereocenters. The van der Waals surface area contributed by atoms with Gasteiger partial charge in [-0.1, -0.05) is 41.6 Å². The minimum atomic E-state index is -0.468. The first-order valence-corrected chi connectivity index (χ1v) is 12.5. The van der Waals surface area contributed by atoms with Crippen molar-refractivity contribution >= 4 is 73.8 Å². The molecule has 3 rings (SSSR count). The number of esters is 1. The summed E-state index contributed by atoms with van der Waals surface area (Å²) < 4.78 is 31.1. The monoisotopic (exact) mass is 587 g/mol. The van der Waals surface area contributed by atoms with E-state index in [1.165, 1.54) is 24.1 Å². The standard InChI is InChI=1S/C23H20BrClFNO5S2/c1-3-31-20(28)7-8-27-22(29)19(34-23(27)33)11-13-9-15(24)21(18(10-13)30-2)32-12-14-16(25)5-4-6-17(14)26/h4-6,9-11H,3,7-8,12H2,1-2H3/b19-11+. The number of ether oxygens (including phenoxy) is 3. The van der Waals surface area contributed by atoms with Crippen LogP contribution in [0.15, 0.2) is 39.7 Å². The summed E-state index contributed by atoms with van der Waals surface area (Å²) in [7, 11) is 1.48. The van der Waals surface area contributed by atoms with E-state index in [1.54, 1.807) is 31.2 Å². The Balaban J connectivity index is 1.78. The molecule has 1 heterocycles. The zero-order chi connectivity index (χ0) is 24.8. The Morgan fingerprint density at radius 2 is 2.12 bits per heavy atom. The van der Waals surface area contributed by atoms with Crippen LogP contribution < -0.4 is 9.47 Å². The van der Waals surface area contributed by atoms with E-state index in [4.69, 9.17) is 38.0 Å². The summed E-state index contributed by atoms with van der Waals surface area (Å²) in [6, 6.07) is 7.84. The van der Waals surface area contributed by atoms with E-state index in [2.05, 4.69) is 15.9 Å². The van der Waals surface area contributed by atoms with Crippen molar-refractivity contribution in [1.29, 1.82) is 0 Å². The molecular weight excluding hydrogens is 569 g/mol. The Bertz CT molecular complexity index is 1140. The molecule has 1 fully saturated rings. The number of hydrogen-bond donors (Lipinski definition) is 0. The molecule has 1 amide bonds. The second-order valence-electron chi connectivity index (χ2n) is 6.91. The van der Waals surface area contributed by atoms with Crippen LogP contribution in [0.25, 0.3) is 6.08 Å². The number of methoxy groups -OCH3 is 1. The van der Waals surface area contributed by atoms with Crippen LogP contribution >= 0.6 is 51.5 Å². The number of carbonyl (C=O) groups is 2. The van der Waals surface area contributed by atoms with Crippen LogP contribution in [0.3, 0.4) is 0 Å². The molecule has 0 saturated carbocycles. The fourth-order valence-corrected chi connectivity index (χ4v) is 5.16. The third-order valence-electron chi connectivity index (χ3n) is 4.69. The molecule has 1 aliphatic heterocycles. The maximum atomic E-state index is 14.1. The highest BCUT2D eigenvalue weighted by Gasteiger charge is 2.32. The molecule has 0 bridgehead atoms. The van der Waals surface area contributed by atoms with Crippen molar-refractivity contribution in [1.82, 2.24) is 4.90 Å². The molecule has 0 radical (unpaired) electrons. The quantitative estimate of drug-likeness (QED) is 0.203. The number of hydrogen-bond acceptors (Lipinski definition) is 7. The Labute approximate surface area is 219 Å². The lowest BCUT2D eigenvalue weighted by Gasteiger charge is -2.15. The minimum Gasteiger partial charge on any atom is -0.493 e. The summed E-state index contributed by atoms with van der Waals surface area (Å²) in [5.41, 5.74) is 0.889. The van der Waals surface area contributed by atoms with Gasteiger partial charge in [-0.3, -0.25) is 14.5 Å². The van der Waals surface area contributed by atoms with Crippen molar-refractivity contribution in [3.63, 3.8) is 0 Å². The largest absolute Gasteiger partial charge is 0.493 e. The lowest BCUT2D eigenvalue weighted by atomic mass is 10.1. The van der Waals surface area contributed by atoms with E-state index in [0.29, 0.717) is 30.8 Å². The fourth-order valence-electron chi connectivity index (χ4n) is 3.06. The summed E-state index contributed by atoms with van der Waals surface area (Å²) in [4.78, 5) is 26.2. The first kappa shape index (κ1) is 26.5. The second-order valence-corrected chi connectivity index (χ2v) is 9.85. The predicted octanol–water partition coefficient (Wildman–Crippen LogP) is 5.98. The van der Waals surface area contributed by atoms with Crippen molar-refractivity contribution in [2.24, 2.45) is 0 Å². The lowest BCUT2D eigenvalue weighted by Crippen LogP contribution is -2.30. The number of thiocarbonyl (C=S) groups is 1. The van der Waals surface area contributed by atoms with Gasteiger partial charge in [0, 0.05) is 12.1 Å². The summed E-state index contributed by atoms with van der Waals surface area (Å²) in [6.07, 6.45) is 1.74. The number of halogens is 3. The van der Waals surface area contributed by atoms with Crippen molar-refractivity contribution in [3.05, 3.63) is 61.7 Å². The Hall–Kier alpha value is -2.14. The van der Waals surface area contributed by atoms with Gasteiger partial charge in [0.15, 0.2) is 11.5 Å². The maximum Gasteiger partial charge on any atom is 0.307 e. The molecule has 0 aliphatic carbocycles. The van der Waals surface area contributed by atoms with Crippen molar-refractivity contribution in [3.8, 4) is 11.5 Å². The van der Waals surface area contributed by atoms with Gasteiger partial charge in [-0.05, 0) is 58.8 Å². The second kappa shape index (κ2) is 12.0. The predicted molar refractivity (Wildman–Crippen MR) is 138 cm³/mol. The van der Waals surface area contributed by atoms with E-state index in [1.807, 2.05) is 0 Å². The summed E-state index contributed by atoms with van der Waals surface area (Å²) >= 11 is 16.0. The van der Waals surface area contributed by atoms with Crippen LogP contribution in [0, 0.1) is 5.82 Å². The number of benzene rings is 2. The Kier molecular flexibility index (Phi) is 9.35. The highest BCUT2D eigenvalue weighted by atomic mass is 79.9. The minimum absolute atomic E-state index is 0.0605. The molecule has 2 aromatic rings. The third-order valence-corrected chi connectivity index (χ3v) is 7.01. The van der Waals surface area contributed by atoms with Crippen molar-refractivity contribution in [2.75, 3.05) is 20.3 Å². The van der Waals surface area contributed by atoms with E-state index >= 15 is 0 Å². The molecule has 2 aromatic carbocycles. The zero-order valence-corrected chi connectivity index (χ0v) is 22.2. The number of nitrogens with zero attached hydrogens (tertiary/aromatic N) is 1. The number of amides is 1. The van der Waals surface area contributed by atoms with E-state index in [0.717, 1.165) is 11.8 Å². The molecule has 0 spiro atoms. The van der Waals surface area contributed by atoms with Gasteiger partial charge in [-0.15, -0.1) is 0 Å². The van der Waals surface area contributed by atoms with E-state index in [-0.39, 0.29) is 48.6 Å². The van der Waals surface area contributed by atoms with Gasteiger partial charge in [0.1, 0.15) is 16.7 Å². The lowest BCUT2D eigenvalue weighted by molar-refractivity contribution is -0.143. The van der Waals surface area contributed by atoms with Crippen LogP contribution in [0.1, 0.15) is 24.5 Å². The number of rotatable bonds is 9. The van der Waals surface area contributed by atoms with Crippen molar-refractivity contribution in [2.45, 2.75) is 20.0 Å². The van der Waals surface area contributed by atoms with Gasteiger partial charge in [-0.25, -0.2) is 4.39 Å². The van der Waals surface area contributed by atoms with E-state index < -0.39 is 5.82 Å². The molecule has 1 saturated heterocycles. The molecule has 34 heavy (non-hydrogen) atoms. The average molecular weight is 589 g/mol. The Morgan fingerprint density at radius 1 is 1.35 bits per heavy atom. The molecule has 6 nitrogen and oxygen atoms in total. The molecule has 0 N–H and O–H groups in total. The maximum absolute atomic E-state index is 14.1. The van der Waals surface area contributed by atoms with Crippen LogP contribution in [0.2, 0.25) is 5.02 Å². The van der Waals surface area contributed by atoms with Gasteiger partial charge in [-0.2, -0.15) is 0 Å². The highest BCUT2D eigenvalue weighted by molar-refractivity contribution is 9.10. The molecule has 11 heteroatoms. The molecule has 180 valence electrons. The normalized spacial score (nSPS) is 14.6. The number of carbonyl (C=O) groups excluding carboxylic acids is 2. The molecule has 0 aromatic heterocycles. The topological polar surface area (TPSA) is 65.1 Å². The van der Waals surface area contributed by atoms with Gasteiger partial charge in [0.25, 0.3) is 5.91 Å². The SMILES string of the molecule is CCOC(=O)CCN1C(=O)/C(=C\c2cc(Br)c(OCc3c(F)cccc3Cl)c(OC)c2)SC1=S. The van der Waals surface area contributed by atoms with Gasteiger partial charge < -0.3 is 14.2 Å². The molecule has 1 aliphatic rings. The van der Waals surface area contributed by atoms with Gasteiger partial charge >= 0.3 is 5.97 Å². The summed E-state index contributed by atoms with van der Waals surface area (Å²) in [5, 5.41) is 0.261. The molecular formula is C23H20BrClFNO5S2. The fraction of sp³-hybridized carbons (Fsp3) is 0.261. The zero-order valence-electron chi connectivity index (χ0n) is 18.2. The highest BCUT2D eigenvalue weighted by Crippen LogP contribution is 2.40. The van der Waals surface area contributed by atoms with Crippen LogP contribution in [0.4, 0.5) is 4.39 Å². The van der Waals surface area contributed by atoms with Gasteiger partial charge in [0.2, 0.25) is 0 Å². The first-order chi connectivity index (χ1) is 16.2. The van der Waals surface area contributed by atoms with Crippen LogP contribution in [-0.2, 0) is 20.9 Å². The third kappa shape index (κ3) is 6.29. The van der Waals surface area contributed by atoms with Gasteiger partial charge in [0.05, 0.1) is 34.5 Å². The number of thioether (sulfide) groups is 1. The summed E-state index contributed by atoms with van der Waals surface area (Å²) in [6.45, 7) is 2.05. The van der Waals surface area contributed by atoms with E-state index in [9.17, 15) is 14.0 Å². The van der Waals surface area contributed by atoms with Crippen LogP contribution in [-0.4, -0.2) is 41.4 Å². The smallest absolute Gasteiger partial charge is 0.307 e. The average Bonchev–Trinajstić information content (AvgIpc) is 3.05. The van der Waals surface area contributed by atoms with Crippen molar-refractivity contribution < 1.29 is 28.2 Å².